The van der Waals surface area contributed by atoms with Crippen LogP contribution in [-0.2, 0) is 4.79 Å². The first-order valence-electron chi connectivity index (χ1n) is 8.04. The van der Waals surface area contributed by atoms with E-state index in [0.29, 0.717) is 12.2 Å². The zero-order valence-corrected chi connectivity index (χ0v) is 14.4. The zero-order valence-electron chi connectivity index (χ0n) is 14.4. The predicted octanol–water partition coefficient (Wildman–Crippen LogP) is 2.88. The Kier molecular flexibility index (Phi) is 6.54. The molecule has 6 nitrogen and oxygen atoms in total. The number of anilines is 1. The summed E-state index contributed by atoms with van der Waals surface area (Å²) in [5.41, 5.74) is 2.57. The van der Waals surface area contributed by atoms with Gasteiger partial charge in [-0.25, -0.2) is 4.79 Å². The molecule has 2 aromatic carbocycles. The van der Waals surface area contributed by atoms with E-state index in [1.54, 1.807) is 0 Å². The molecule has 0 saturated heterocycles. The molecule has 0 spiro atoms. The number of para-hydroxylation sites is 1. The largest absolute Gasteiger partial charge is 0.481 e. The number of carbonyl (C=O) groups is 2. The van der Waals surface area contributed by atoms with Crippen LogP contribution in [0.1, 0.15) is 6.42 Å². The molecule has 25 heavy (non-hydrogen) atoms. The van der Waals surface area contributed by atoms with Crippen molar-refractivity contribution in [3.63, 3.8) is 0 Å². The Labute approximate surface area is 147 Å². The fourth-order valence-corrected chi connectivity index (χ4v) is 2.62. The van der Waals surface area contributed by atoms with E-state index in [2.05, 4.69) is 10.6 Å². The van der Waals surface area contributed by atoms with Gasteiger partial charge < -0.3 is 20.6 Å². The van der Waals surface area contributed by atoms with Gasteiger partial charge in [0, 0.05) is 12.1 Å². The van der Waals surface area contributed by atoms with Crippen molar-refractivity contribution in [3.8, 4) is 11.1 Å². The molecule has 0 radical (unpaired) electrons. The minimum absolute atomic E-state index is 0.133. The van der Waals surface area contributed by atoms with E-state index in [1.165, 1.54) is 0 Å². The summed E-state index contributed by atoms with van der Waals surface area (Å²) < 4.78 is 0. The van der Waals surface area contributed by atoms with Gasteiger partial charge in [-0.2, -0.15) is 0 Å². The minimum atomic E-state index is -0.947. The highest BCUT2D eigenvalue weighted by atomic mass is 16.4. The topological polar surface area (TPSA) is 81.7 Å². The summed E-state index contributed by atoms with van der Waals surface area (Å²) in [5.74, 6) is -0.947. The van der Waals surface area contributed by atoms with Gasteiger partial charge in [-0.15, -0.1) is 0 Å². The Morgan fingerprint density at radius 1 is 1.04 bits per heavy atom. The molecular formula is C19H23N3O3. The highest BCUT2D eigenvalue weighted by Gasteiger charge is 2.17. The summed E-state index contributed by atoms with van der Waals surface area (Å²) in [5, 5.41) is 14.6. The molecule has 0 aliphatic heterocycles. The Balaban J connectivity index is 2.11. The van der Waals surface area contributed by atoms with Crippen LogP contribution in [0, 0.1) is 0 Å². The summed E-state index contributed by atoms with van der Waals surface area (Å²) in [7, 11) is 3.66. The SMILES string of the molecule is CN(C)C[C@@H](CC(=O)O)NC(=O)Nc1ccccc1-c1ccccc1. The number of aliphatic carboxylic acids is 1. The van der Waals surface area contributed by atoms with Gasteiger partial charge in [-0.1, -0.05) is 48.5 Å². The first-order chi connectivity index (χ1) is 12.0. The Morgan fingerprint density at radius 3 is 2.32 bits per heavy atom. The fraction of sp³-hybridized carbons (Fsp3) is 0.263. The van der Waals surface area contributed by atoms with Crippen LogP contribution in [0.25, 0.3) is 11.1 Å². The van der Waals surface area contributed by atoms with Gasteiger partial charge in [-0.05, 0) is 25.7 Å². The number of urea groups is 1. The molecule has 0 fully saturated rings. The van der Waals surface area contributed by atoms with Crippen molar-refractivity contribution in [1.82, 2.24) is 10.2 Å². The van der Waals surface area contributed by atoms with Crippen molar-refractivity contribution in [2.45, 2.75) is 12.5 Å². The molecule has 3 N–H and O–H groups in total. The van der Waals surface area contributed by atoms with Crippen LogP contribution in [0.5, 0.6) is 0 Å². The van der Waals surface area contributed by atoms with Crippen LogP contribution < -0.4 is 10.6 Å². The number of nitrogens with zero attached hydrogens (tertiary/aromatic N) is 1. The molecule has 0 heterocycles. The van der Waals surface area contributed by atoms with E-state index in [1.807, 2.05) is 73.6 Å². The molecule has 0 aliphatic carbocycles. The molecule has 0 unspecified atom stereocenters. The molecule has 0 aromatic heterocycles. The fourth-order valence-electron chi connectivity index (χ4n) is 2.62. The molecule has 1 atom stereocenters. The van der Waals surface area contributed by atoms with Crippen molar-refractivity contribution >= 4 is 17.7 Å². The maximum Gasteiger partial charge on any atom is 0.319 e. The summed E-state index contributed by atoms with van der Waals surface area (Å²) in [4.78, 5) is 25.2. The maximum absolute atomic E-state index is 12.3. The quantitative estimate of drug-likeness (QED) is 0.723. The second-order valence-electron chi connectivity index (χ2n) is 6.07. The molecule has 0 aliphatic rings. The molecular weight excluding hydrogens is 318 g/mol. The second-order valence-corrected chi connectivity index (χ2v) is 6.07. The summed E-state index contributed by atoms with van der Waals surface area (Å²) >= 11 is 0. The average Bonchev–Trinajstić information content (AvgIpc) is 2.54. The number of hydrogen-bond donors (Lipinski definition) is 3. The van der Waals surface area contributed by atoms with Gasteiger partial charge in [-0.3, -0.25) is 4.79 Å². The van der Waals surface area contributed by atoms with Crippen molar-refractivity contribution in [1.29, 1.82) is 0 Å². The van der Waals surface area contributed by atoms with Crippen LogP contribution in [0.4, 0.5) is 10.5 Å². The Hall–Kier alpha value is -2.86. The van der Waals surface area contributed by atoms with Crippen molar-refractivity contribution in [2.75, 3.05) is 26.0 Å². The Morgan fingerprint density at radius 2 is 1.68 bits per heavy atom. The third kappa shape index (κ3) is 5.93. The van der Waals surface area contributed by atoms with Crippen LogP contribution in [-0.4, -0.2) is 48.7 Å². The number of carboxylic acid groups (broad SMARTS) is 1. The summed E-state index contributed by atoms with van der Waals surface area (Å²) in [6, 6.07) is 16.4. The number of hydrogen-bond acceptors (Lipinski definition) is 3. The molecule has 0 saturated carbocycles. The van der Waals surface area contributed by atoms with Gasteiger partial charge in [0.05, 0.1) is 18.2 Å². The lowest BCUT2D eigenvalue weighted by molar-refractivity contribution is -0.137. The number of rotatable bonds is 7. The first-order valence-corrected chi connectivity index (χ1v) is 8.04. The average molecular weight is 341 g/mol. The number of amides is 2. The van der Waals surface area contributed by atoms with Crippen molar-refractivity contribution in [2.24, 2.45) is 0 Å². The van der Waals surface area contributed by atoms with Crippen LogP contribution >= 0.6 is 0 Å². The normalized spacial score (nSPS) is 11.8. The molecule has 0 bridgehead atoms. The van der Waals surface area contributed by atoms with Gasteiger partial charge in [0.25, 0.3) is 0 Å². The van der Waals surface area contributed by atoms with Gasteiger partial charge >= 0.3 is 12.0 Å². The molecule has 6 heteroatoms. The number of likely N-dealkylation sites (N-methyl/N-ethyl adjacent to an activating group) is 1. The number of carboxylic acids is 1. The standard InChI is InChI=1S/C19H23N3O3/c1-22(2)13-15(12-18(23)24)20-19(25)21-17-11-7-6-10-16(17)14-8-4-3-5-9-14/h3-11,15H,12-13H2,1-2H3,(H,23,24)(H2,20,21,25)/t15-/m1/s1. The molecule has 2 amide bonds. The highest BCUT2D eigenvalue weighted by molar-refractivity contribution is 5.94. The monoisotopic (exact) mass is 341 g/mol. The summed E-state index contributed by atoms with van der Waals surface area (Å²) in [6.45, 7) is 0.444. The summed E-state index contributed by atoms with van der Waals surface area (Å²) in [6.07, 6.45) is -0.133. The van der Waals surface area contributed by atoms with Gasteiger partial charge in [0.2, 0.25) is 0 Å². The van der Waals surface area contributed by atoms with E-state index in [-0.39, 0.29) is 6.42 Å². The van der Waals surface area contributed by atoms with Gasteiger partial charge in [0.1, 0.15) is 0 Å². The van der Waals surface area contributed by atoms with Crippen molar-refractivity contribution in [3.05, 3.63) is 54.6 Å². The van der Waals surface area contributed by atoms with Crippen LogP contribution in [0.3, 0.4) is 0 Å². The van der Waals surface area contributed by atoms with Crippen LogP contribution in [0.15, 0.2) is 54.6 Å². The van der Waals surface area contributed by atoms with E-state index in [4.69, 9.17) is 5.11 Å². The number of carbonyl (C=O) groups excluding carboxylic acids is 1. The van der Waals surface area contributed by atoms with Crippen LogP contribution in [0.2, 0.25) is 0 Å². The third-order valence-electron chi connectivity index (χ3n) is 3.60. The third-order valence-corrected chi connectivity index (χ3v) is 3.60. The second kappa shape index (κ2) is 8.84. The highest BCUT2D eigenvalue weighted by Crippen LogP contribution is 2.27. The number of benzene rings is 2. The zero-order chi connectivity index (χ0) is 18.2. The first kappa shape index (κ1) is 18.5. The lowest BCUT2D eigenvalue weighted by atomic mass is 10.0. The molecule has 2 rings (SSSR count). The minimum Gasteiger partial charge on any atom is -0.481 e. The number of nitrogens with one attached hydrogen (secondary N) is 2. The maximum atomic E-state index is 12.3. The molecule has 132 valence electrons. The van der Waals surface area contributed by atoms with E-state index in [0.717, 1.165) is 11.1 Å². The van der Waals surface area contributed by atoms with Crippen molar-refractivity contribution < 1.29 is 14.7 Å². The van der Waals surface area contributed by atoms with E-state index in [9.17, 15) is 9.59 Å². The molecule has 2 aromatic rings. The lowest BCUT2D eigenvalue weighted by Gasteiger charge is -2.21. The van der Waals surface area contributed by atoms with E-state index >= 15 is 0 Å². The predicted molar refractivity (Wildman–Crippen MR) is 98.6 cm³/mol. The van der Waals surface area contributed by atoms with Gasteiger partial charge in [0.15, 0.2) is 0 Å². The lowest BCUT2D eigenvalue weighted by Crippen LogP contribution is -2.44. The van der Waals surface area contributed by atoms with E-state index < -0.39 is 18.0 Å². The Bertz CT molecular complexity index is 717. The smallest absolute Gasteiger partial charge is 0.319 e.